The summed E-state index contributed by atoms with van der Waals surface area (Å²) in [6, 6.07) is 5.30. The lowest BCUT2D eigenvalue weighted by atomic mass is 10.1. The molecule has 1 aromatic carbocycles. The van der Waals surface area contributed by atoms with E-state index in [1.165, 1.54) is 13.8 Å². The third-order valence-electron chi connectivity index (χ3n) is 2.89. The first-order valence-electron chi connectivity index (χ1n) is 5.33. The summed E-state index contributed by atoms with van der Waals surface area (Å²) in [5, 5.41) is 2.62. The number of benzene rings is 1. The second-order valence-corrected chi connectivity index (χ2v) is 8.12. The Bertz CT molecular complexity index is 579. The highest BCUT2D eigenvalue weighted by molar-refractivity contribution is 9.10. The molecule has 0 heterocycles. The predicted octanol–water partition coefficient (Wildman–Crippen LogP) is 2.52. The molecule has 1 amide bonds. The van der Waals surface area contributed by atoms with Crippen molar-refractivity contribution in [2.45, 2.75) is 25.5 Å². The quantitative estimate of drug-likeness (QED) is 0.924. The fourth-order valence-electron chi connectivity index (χ4n) is 1.17. The van der Waals surface area contributed by atoms with Crippen LogP contribution in [0.3, 0.4) is 0 Å². The van der Waals surface area contributed by atoms with Gasteiger partial charge in [-0.3, -0.25) is 4.79 Å². The Morgan fingerprint density at radius 3 is 2.33 bits per heavy atom. The highest BCUT2D eigenvalue weighted by Gasteiger charge is 2.38. The summed E-state index contributed by atoms with van der Waals surface area (Å²) in [5.74, 6) is -0.535. The molecule has 1 aromatic rings. The monoisotopic (exact) mass is 333 g/mol. The Balaban J connectivity index is 2.99. The zero-order valence-corrected chi connectivity index (χ0v) is 13.1. The first-order chi connectivity index (χ1) is 8.05. The van der Waals surface area contributed by atoms with Crippen LogP contribution < -0.4 is 5.32 Å². The number of halogens is 1. The summed E-state index contributed by atoms with van der Waals surface area (Å²) in [6.07, 6.45) is 1.05. The Morgan fingerprint density at radius 1 is 1.33 bits per heavy atom. The summed E-state index contributed by atoms with van der Waals surface area (Å²) in [6.45, 7) is 4.67. The van der Waals surface area contributed by atoms with Crippen LogP contribution in [-0.4, -0.2) is 25.3 Å². The predicted molar refractivity (Wildman–Crippen MR) is 76.4 cm³/mol. The van der Waals surface area contributed by atoms with Gasteiger partial charge in [0.15, 0.2) is 9.84 Å². The molecule has 0 unspecified atom stereocenters. The van der Waals surface area contributed by atoms with Gasteiger partial charge in [-0.2, -0.15) is 0 Å². The van der Waals surface area contributed by atoms with Gasteiger partial charge < -0.3 is 5.32 Å². The summed E-state index contributed by atoms with van der Waals surface area (Å²) in [4.78, 5) is 12.0. The largest absolute Gasteiger partial charge is 0.325 e. The number of carbonyl (C=O) groups excluding carboxylic acids is 1. The second-order valence-electron chi connectivity index (χ2n) is 4.70. The zero-order chi connectivity index (χ0) is 14.1. The lowest BCUT2D eigenvalue weighted by Gasteiger charge is -2.21. The van der Waals surface area contributed by atoms with Crippen LogP contribution in [0, 0.1) is 6.92 Å². The van der Waals surface area contributed by atoms with Gasteiger partial charge in [0.2, 0.25) is 5.91 Å². The number of amides is 1. The van der Waals surface area contributed by atoms with Crippen LogP contribution in [0.15, 0.2) is 22.7 Å². The molecular formula is C12H16BrNO3S. The van der Waals surface area contributed by atoms with Gasteiger partial charge in [0, 0.05) is 16.4 Å². The molecule has 0 saturated carbocycles. The molecule has 0 aromatic heterocycles. The number of hydrogen-bond acceptors (Lipinski definition) is 3. The van der Waals surface area contributed by atoms with E-state index in [4.69, 9.17) is 0 Å². The van der Waals surface area contributed by atoms with Crippen molar-refractivity contribution < 1.29 is 13.2 Å². The zero-order valence-electron chi connectivity index (χ0n) is 10.7. The van der Waals surface area contributed by atoms with E-state index in [1.807, 2.05) is 6.92 Å². The molecule has 0 atom stereocenters. The van der Waals surface area contributed by atoms with Crippen LogP contribution in [0.25, 0.3) is 0 Å². The van der Waals surface area contributed by atoms with Crippen LogP contribution in [0.5, 0.6) is 0 Å². The smallest absolute Gasteiger partial charge is 0.245 e. The highest BCUT2D eigenvalue weighted by Crippen LogP contribution is 2.22. The minimum Gasteiger partial charge on any atom is -0.325 e. The van der Waals surface area contributed by atoms with Gasteiger partial charge in [-0.25, -0.2) is 8.42 Å². The van der Waals surface area contributed by atoms with E-state index in [1.54, 1.807) is 18.2 Å². The highest BCUT2D eigenvalue weighted by atomic mass is 79.9. The minimum absolute atomic E-state index is 0.535. The summed E-state index contributed by atoms with van der Waals surface area (Å²) in [7, 11) is -3.46. The standard InChI is InChI=1S/C12H16BrNO3S/c1-8-7-9(5-6-10(8)13)14-11(15)12(2,3)18(4,16)17/h5-7H,1-4H3,(H,14,15). The molecule has 1 rings (SSSR count). The van der Waals surface area contributed by atoms with Crippen molar-refractivity contribution in [2.24, 2.45) is 0 Å². The number of hydrogen-bond donors (Lipinski definition) is 1. The van der Waals surface area contributed by atoms with Gasteiger partial charge in [0.25, 0.3) is 0 Å². The number of sulfone groups is 1. The molecule has 18 heavy (non-hydrogen) atoms. The first kappa shape index (κ1) is 15.2. The molecule has 0 saturated heterocycles. The van der Waals surface area contributed by atoms with Crippen LogP contribution >= 0.6 is 15.9 Å². The fraction of sp³-hybridized carbons (Fsp3) is 0.417. The average Bonchev–Trinajstić information content (AvgIpc) is 2.21. The van der Waals surface area contributed by atoms with Crippen LogP contribution in [-0.2, 0) is 14.6 Å². The van der Waals surface area contributed by atoms with E-state index in [2.05, 4.69) is 21.2 Å². The summed E-state index contributed by atoms with van der Waals surface area (Å²) in [5.41, 5.74) is 1.54. The van der Waals surface area contributed by atoms with Crippen molar-refractivity contribution in [3.63, 3.8) is 0 Å². The number of aryl methyl sites for hydroxylation is 1. The van der Waals surface area contributed by atoms with E-state index in [9.17, 15) is 13.2 Å². The van der Waals surface area contributed by atoms with Crippen molar-refractivity contribution in [3.05, 3.63) is 28.2 Å². The van der Waals surface area contributed by atoms with Gasteiger partial charge in [0.05, 0.1) is 0 Å². The maximum atomic E-state index is 12.0. The molecule has 1 N–H and O–H groups in total. The Hall–Kier alpha value is -0.880. The molecular weight excluding hydrogens is 318 g/mol. The SMILES string of the molecule is Cc1cc(NC(=O)C(C)(C)S(C)(=O)=O)ccc1Br. The molecule has 100 valence electrons. The minimum atomic E-state index is -3.46. The molecule has 0 aliphatic rings. The second kappa shape index (κ2) is 5.01. The molecule has 0 bridgehead atoms. The third kappa shape index (κ3) is 3.11. The Morgan fingerprint density at radius 2 is 1.89 bits per heavy atom. The van der Waals surface area contributed by atoms with Crippen molar-refractivity contribution in [1.29, 1.82) is 0 Å². The Labute approximate surface area is 116 Å². The van der Waals surface area contributed by atoms with E-state index in [0.717, 1.165) is 16.3 Å². The van der Waals surface area contributed by atoms with Crippen molar-refractivity contribution in [2.75, 3.05) is 11.6 Å². The number of anilines is 1. The van der Waals surface area contributed by atoms with Crippen molar-refractivity contribution in [1.82, 2.24) is 0 Å². The lowest BCUT2D eigenvalue weighted by Crippen LogP contribution is -2.43. The number of nitrogens with one attached hydrogen (secondary N) is 1. The topological polar surface area (TPSA) is 63.2 Å². The molecule has 4 nitrogen and oxygen atoms in total. The van der Waals surface area contributed by atoms with Gasteiger partial charge in [-0.15, -0.1) is 0 Å². The summed E-state index contributed by atoms with van der Waals surface area (Å²) < 4.78 is 22.6. The molecule has 0 aliphatic carbocycles. The fourth-order valence-corrected chi connectivity index (χ4v) is 1.81. The average molecular weight is 334 g/mol. The van der Waals surface area contributed by atoms with Gasteiger partial charge in [-0.05, 0) is 44.5 Å². The van der Waals surface area contributed by atoms with Gasteiger partial charge in [0.1, 0.15) is 4.75 Å². The normalized spacial score (nSPS) is 12.3. The van der Waals surface area contributed by atoms with Crippen LogP contribution in [0.2, 0.25) is 0 Å². The molecule has 0 radical (unpaired) electrons. The Kier molecular flexibility index (Phi) is 4.23. The van der Waals surface area contributed by atoms with E-state index in [0.29, 0.717) is 5.69 Å². The molecule has 0 aliphatic heterocycles. The van der Waals surface area contributed by atoms with Crippen LogP contribution in [0.4, 0.5) is 5.69 Å². The first-order valence-corrected chi connectivity index (χ1v) is 8.01. The molecule has 0 spiro atoms. The summed E-state index contributed by atoms with van der Waals surface area (Å²) >= 11 is 3.36. The molecule has 6 heteroatoms. The third-order valence-corrected chi connectivity index (χ3v) is 5.82. The lowest BCUT2D eigenvalue weighted by molar-refractivity contribution is -0.117. The molecule has 0 fully saturated rings. The van der Waals surface area contributed by atoms with Gasteiger partial charge >= 0.3 is 0 Å². The van der Waals surface area contributed by atoms with Gasteiger partial charge in [-0.1, -0.05) is 15.9 Å². The van der Waals surface area contributed by atoms with Crippen molar-refractivity contribution in [3.8, 4) is 0 Å². The van der Waals surface area contributed by atoms with Crippen molar-refractivity contribution >= 4 is 37.4 Å². The van der Waals surface area contributed by atoms with E-state index in [-0.39, 0.29) is 0 Å². The maximum absolute atomic E-state index is 12.0. The number of rotatable bonds is 3. The number of carbonyl (C=O) groups is 1. The van der Waals surface area contributed by atoms with E-state index < -0.39 is 20.5 Å². The maximum Gasteiger partial charge on any atom is 0.245 e. The van der Waals surface area contributed by atoms with E-state index >= 15 is 0 Å². The van der Waals surface area contributed by atoms with Crippen LogP contribution in [0.1, 0.15) is 19.4 Å².